The summed E-state index contributed by atoms with van der Waals surface area (Å²) < 4.78 is 12.3. The molecule has 0 aliphatic heterocycles. The van der Waals surface area contributed by atoms with E-state index >= 15 is 0 Å². The fraction of sp³-hybridized carbons (Fsp3) is 0.385. The fourth-order valence-electron chi connectivity index (χ4n) is 1.70. The molecule has 0 bridgehead atoms. The zero-order chi connectivity index (χ0) is 15.2. The van der Waals surface area contributed by atoms with Gasteiger partial charge in [-0.25, -0.2) is 4.79 Å². The van der Waals surface area contributed by atoms with Gasteiger partial charge >= 0.3 is 6.03 Å². The van der Waals surface area contributed by atoms with Gasteiger partial charge in [0.25, 0.3) is 0 Å². The molecule has 2 rings (SSSR count). The molecule has 0 fully saturated rings. The molecule has 114 valence electrons. The maximum Gasteiger partial charge on any atom is 0.329 e. The molecule has 0 aromatic carbocycles. The number of aryl methyl sites for hydroxylation is 1. The maximum atomic E-state index is 11.7. The Morgan fingerprint density at radius 3 is 3.00 bits per heavy atom. The summed E-state index contributed by atoms with van der Waals surface area (Å²) in [5.74, 6) is 1.47. The smallest absolute Gasteiger partial charge is 0.329 e. The standard InChI is InChI=1S/C13H18N4O2S2/c1-9-6-12(21-15-9)14-13(18)16-20-8-11-10(4-5-19-11)7-17(2)3/h4-6H,7-8H2,1-3H3,(H2,14,16,18). The third-order valence-corrected chi connectivity index (χ3v) is 4.09. The molecule has 0 unspecified atom stereocenters. The van der Waals surface area contributed by atoms with Crippen molar-refractivity contribution in [1.82, 2.24) is 14.0 Å². The van der Waals surface area contributed by atoms with Gasteiger partial charge in [-0.15, -0.1) is 0 Å². The van der Waals surface area contributed by atoms with Gasteiger partial charge in [0.1, 0.15) is 10.8 Å². The number of carbonyl (C=O) groups is 1. The van der Waals surface area contributed by atoms with Gasteiger partial charge in [0.15, 0.2) is 0 Å². The first-order valence-corrected chi connectivity index (χ1v) is 8.12. The average Bonchev–Trinajstić information content (AvgIpc) is 2.99. The van der Waals surface area contributed by atoms with E-state index in [1.807, 2.05) is 33.2 Å². The van der Waals surface area contributed by atoms with Crippen LogP contribution in [0.25, 0.3) is 0 Å². The van der Waals surface area contributed by atoms with Gasteiger partial charge in [-0.1, -0.05) is 0 Å². The van der Waals surface area contributed by atoms with Crippen molar-refractivity contribution < 1.29 is 9.21 Å². The first kappa shape index (κ1) is 15.9. The molecule has 8 heteroatoms. The SMILES string of the molecule is Cc1cc(NC(=O)NSCc2occc2CN(C)C)sn1. The molecule has 2 aromatic rings. The molecule has 2 amide bonds. The molecular weight excluding hydrogens is 308 g/mol. The first-order chi connectivity index (χ1) is 10.0. The van der Waals surface area contributed by atoms with Crippen LogP contribution in [-0.4, -0.2) is 29.4 Å². The van der Waals surface area contributed by atoms with Crippen molar-refractivity contribution in [3.8, 4) is 0 Å². The number of hydrogen-bond donors (Lipinski definition) is 2. The summed E-state index contributed by atoms with van der Waals surface area (Å²) in [6, 6.07) is 3.52. The molecule has 0 radical (unpaired) electrons. The molecule has 2 N–H and O–H groups in total. The highest BCUT2D eigenvalue weighted by Gasteiger charge is 2.09. The van der Waals surface area contributed by atoms with E-state index in [0.29, 0.717) is 5.75 Å². The number of nitrogens with one attached hydrogen (secondary N) is 2. The lowest BCUT2D eigenvalue weighted by atomic mass is 10.2. The summed E-state index contributed by atoms with van der Waals surface area (Å²) >= 11 is 2.56. The number of furan rings is 1. The summed E-state index contributed by atoms with van der Waals surface area (Å²) in [6.07, 6.45) is 1.68. The molecule has 6 nitrogen and oxygen atoms in total. The molecule has 0 saturated carbocycles. The minimum Gasteiger partial charge on any atom is -0.468 e. The van der Waals surface area contributed by atoms with E-state index < -0.39 is 0 Å². The van der Waals surface area contributed by atoms with Crippen LogP contribution in [0.3, 0.4) is 0 Å². The second-order valence-electron chi connectivity index (χ2n) is 4.78. The molecule has 0 atom stereocenters. The number of nitrogens with zero attached hydrogens (tertiary/aromatic N) is 2. The van der Waals surface area contributed by atoms with Gasteiger partial charge in [0.2, 0.25) is 0 Å². The van der Waals surface area contributed by atoms with E-state index in [9.17, 15) is 4.79 Å². The second kappa shape index (κ2) is 7.48. The fourth-order valence-corrected chi connectivity index (χ4v) is 3.00. The van der Waals surface area contributed by atoms with Crippen LogP contribution in [-0.2, 0) is 12.3 Å². The predicted molar refractivity (Wildman–Crippen MR) is 86.4 cm³/mol. The predicted octanol–water partition coefficient (Wildman–Crippen LogP) is 3.08. The summed E-state index contributed by atoms with van der Waals surface area (Å²) in [7, 11) is 4.01. The Hall–Kier alpha value is -1.51. The third kappa shape index (κ3) is 5.07. The molecule has 0 spiro atoms. The number of urea groups is 1. The molecule has 2 heterocycles. The molecule has 0 saturated heterocycles. The number of rotatable bonds is 6. The lowest BCUT2D eigenvalue weighted by Gasteiger charge is -2.09. The minimum absolute atomic E-state index is 0.260. The van der Waals surface area contributed by atoms with Gasteiger partial charge in [0, 0.05) is 12.1 Å². The maximum absolute atomic E-state index is 11.7. The normalized spacial score (nSPS) is 10.9. The highest BCUT2D eigenvalue weighted by Crippen LogP contribution is 2.18. The summed E-state index contributed by atoms with van der Waals surface area (Å²) in [5.41, 5.74) is 2.03. The Morgan fingerprint density at radius 1 is 1.52 bits per heavy atom. The largest absolute Gasteiger partial charge is 0.468 e. The minimum atomic E-state index is -0.260. The lowest BCUT2D eigenvalue weighted by molar-refractivity contribution is 0.257. The Kier molecular flexibility index (Phi) is 5.66. The Bertz CT molecular complexity index is 595. The highest BCUT2D eigenvalue weighted by atomic mass is 32.2. The van der Waals surface area contributed by atoms with E-state index in [1.54, 1.807) is 6.26 Å². The molecule has 0 aliphatic rings. The topological polar surface area (TPSA) is 70.4 Å². The summed E-state index contributed by atoms with van der Waals surface area (Å²) in [6.45, 7) is 2.70. The number of hydrogen-bond acceptors (Lipinski definition) is 6. The van der Waals surface area contributed by atoms with Gasteiger partial charge < -0.3 is 9.32 Å². The van der Waals surface area contributed by atoms with Gasteiger partial charge in [-0.2, -0.15) is 4.37 Å². The van der Waals surface area contributed by atoms with Gasteiger partial charge in [-0.05, 0) is 56.6 Å². The van der Waals surface area contributed by atoms with Crippen molar-refractivity contribution in [3.63, 3.8) is 0 Å². The van der Waals surface area contributed by atoms with E-state index in [1.165, 1.54) is 23.5 Å². The number of aromatic nitrogens is 1. The molecule has 2 aromatic heterocycles. The van der Waals surface area contributed by atoms with E-state index in [2.05, 4.69) is 19.3 Å². The van der Waals surface area contributed by atoms with Crippen LogP contribution in [0.15, 0.2) is 22.8 Å². The average molecular weight is 326 g/mol. The lowest BCUT2D eigenvalue weighted by Crippen LogP contribution is -2.22. The Labute approximate surface area is 132 Å². The van der Waals surface area contributed by atoms with Crippen molar-refractivity contribution in [3.05, 3.63) is 35.4 Å². The van der Waals surface area contributed by atoms with E-state index in [4.69, 9.17) is 4.42 Å². The number of anilines is 1. The zero-order valence-electron chi connectivity index (χ0n) is 12.2. The molecule has 21 heavy (non-hydrogen) atoms. The number of carbonyl (C=O) groups excluding carboxylic acids is 1. The van der Waals surface area contributed by atoms with Crippen LogP contribution >= 0.6 is 23.5 Å². The molecular formula is C13H18N4O2S2. The van der Waals surface area contributed by atoms with Crippen LogP contribution in [0.4, 0.5) is 9.80 Å². The van der Waals surface area contributed by atoms with Gasteiger partial charge in [-0.3, -0.25) is 10.0 Å². The van der Waals surface area contributed by atoms with Crippen molar-refractivity contribution in [2.24, 2.45) is 0 Å². The Morgan fingerprint density at radius 2 is 2.33 bits per heavy atom. The van der Waals surface area contributed by atoms with E-state index in [0.717, 1.165) is 28.6 Å². The first-order valence-electron chi connectivity index (χ1n) is 6.36. The van der Waals surface area contributed by atoms with Crippen molar-refractivity contribution in [2.45, 2.75) is 19.2 Å². The zero-order valence-corrected chi connectivity index (χ0v) is 13.8. The summed E-state index contributed by atoms with van der Waals surface area (Å²) in [5, 5.41) is 3.47. The van der Waals surface area contributed by atoms with Crippen LogP contribution in [0, 0.1) is 6.92 Å². The van der Waals surface area contributed by atoms with E-state index in [-0.39, 0.29) is 6.03 Å². The van der Waals surface area contributed by atoms with Crippen molar-refractivity contribution >= 4 is 34.5 Å². The second-order valence-corrected chi connectivity index (χ2v) is 6.37. The monoisotopic (exact) mass is 326 g/mol. The Balaban J connectivity index is 1.76. The third-order valence-electron chi connectivity index (χ3n) is 2.56. The van der Waals surface area contributed by atoms with Crippen molar-refractivity contribution in [2.75, 3.05) is 19.4 Å². The van der Waals surface area contributed by atoms with Crippen LogP contribution in [0.5, 0.6) is 0 Å². The van der Waals surface area contributed by atoms with Crippen LogP contribution in [0.2, 0.25) is 0 Å². The van der Waals surface area contributed by atoms with Gasteiger partial charge in [0.05, 0.1) is 17.7 Å². The molecule has 0 aliphatic carbocycles. The quantitative estimate of drug-likeness (QED) is 0.798. The summed E-state index contributed by atoms with van der Waals surface area (Å²) in [4.78, 5) is 13.8. The van der Waals surface area contributed by atoms with Crippen LogP contribution in [0.1, 0.15) is 17.0 Å². The number of amides is 2. The highest BCUT2D eigenvalue weighted by molar-refractivity contribution is 7.97. The van der Waals surface area contributed by atoms with Crippen molar-refractivity contribution in [1.29, 1.82) is 0 Å². The van der Waals surface area contributed by atoms with Crippen LogP contribution < -0.4 is 10.0 Å².